The lowest BCUT2D eigenvalue weighted by Gasteiger charge is -2.04. The van der Waals surface area contributed by atoms with Gasteiger partial charge in [0.25, 0.3) is 0 Å². The molecule has 0 aromatic heterocycles. The Morgan fingerprint density at radius 1 is 1.36 bits per heavy atom. The summed E-state index contributed by atoms with van der Waals surface area (Å²) in [5.41, 5.74) is 2.07. The lowest BCUT2D eigenvalue weighted by molar-refractivity contribution is -0.113. The van der Waals surface area contributed by atoms with E-state index >= 15 is 0 Å². The van der Waals surface area contributed by atoms with Gasteiger partial charge in [0, 0.05) is 5.69 Å². The minimum atomic E-state index is 0.0701. The van der Waals surface area contributed by atoms with Gasteiger partial charge in [-0.2, -0.15) is 11.8 Å². The van der Waals surface area contributed by atoms with E-state index in [4.69, 9.17) is 0 Å². The summed E-state index contributed by atoms with van der Waals surface area (Å²) in [6.07, 6.45) is 0. The Kier molecular flexibility index (Phi) is 4.53. The van der Waals surface area contributed by atoms with Crippen molar-refractivity contribution < 1.29 is 4.79 Å². The predicted molar refractivity (Wildman–Crippen MR) is 62.8 cm³/mol. The molecule has 3 heteroatoms. The molecule has 1 aromatic carbocycles. The molecule has 0 radical (unpaired) electrons. The van der Waals surface area contributed by atoms with E-state index in [2.05, 4.69) is 5.32 Å². The number of thioether (sulfide) groups is 1. The fraction of sp³-hybridized carbons (Fsp3) is 0.364. The molecule has 0 aliphatic heterocycles. The number of rotatable bonds is 4. The van der Waals surface area contributed by atoms with E-state index in [1.54, 1.807) is 11.8 Å². The van der Waals surface area contributed by atoms with Gasteiger partial charge in [0.05, 0.1) is 5.75 Å². The van der Waals surface area contributed by atoms with E-state index in [-0.39, 0.29) is 5.91 Å². The monoisotopic (exact) mass is 209 g/mol. The molecule has 1 aromatic rings. The number of anilines is 1. The summed E-state index contributed by atoms with van der Waals surface area (Å²) in [5.74, 6) is 1.58. The highest BCUT2D eigenvalue weighted by molar-refractivity contribution is 7.99. The zero-order valence-corrected chi connectivity index (χ0v) is 9.36. The number of hydrogen-bond acceptors (Lipinski definition) is 2. The molecule has 1 amide bonds. The summed E-state index contributed by atoms with van der Waals surface area (Å²) in [7, 11) is 0. The Balaban J connectivity index is 2.44. The molecule has 14 heavy (non-hydrogen) atoms. The van der Waals surface area contributed by atoms with Crippen molar-refractivity contribution >= 4 is 23.4 Å². The second-order valence-corrected chi connectivity index (χ2v) is 4.33. The second kappa shape index (κ2) is 5.70. The molecule has 0 aliphatic carbocycles. The summed E-state index contributed by atoms with van der Waals surface area (Å²) in [5, 5.41) is 2.84. The number of amides is 1. The summed E-state index contributed by atoms with van der Waals surface area (Å²) < 4.78 is 0. The minimum Gasteiger partial charge on any atom is -0.325 e. The molecule has 1 rings (SSSR count). The van der Waals surface area contributed by atoms with Crippen LogP contribution in [0.2, 0.25) is 0 Å². The van der Waals surface area contributed by atoms with Crippen molar-refractivity contribution in [2.24, 2.45) is 0 Å². The largest absolute Gasteiger partial charge is 0.325 e. The fourth-order valence-corrected chi connectivity index (χ4v) is 1.49. The molecule has 0 unspecified atom stereocenters. The molecule has 0 saturated heterocycles. The molecule has 2 nitrogen and oxygen atoms in total. The van der Waals surface area contributed by atoms with Crippen LogP contribution in [0.25, 0.3) is 0 Å². The summed E-state index contributed by atoms with van der Waals surface area (Å²) in [4.78, 5) is 11.3. The molecule has 0 heterocycles. The zero-order valence-electron chi connectivity index (χ0n) is 8.54. The van der Waals surface area contributed by atoms with Gasteiger partial charge in [0.15, 0.2) is 0 Å². The van der Waals surface area contributed by atoms with Crippen LogP contribution in [0.1, 0.15) is 12.5 Å². The Morgan fingerprint density at radius 2 is 2.00 bits per heavy atom. The van der Waals surface area contributed by atoms with Gasteiger partial charge in [-0.3, -0.25) is 4.79 Å². The molecule has 0 saturated carbocycles. The first kappa shape index (κ1) is 11.1. The van der Waals surface area contributed by atoms with Crippen molar-refractivity contribution in [2.75, 3.05) is 16.8 Å². The molecule has 0 fully saturated rings. The maximum absolute atomic E-state index is 11.3. The van der Waals surface area contributed by atoms with E-state index in [0.717, 1.165) is 11.4 Å². The van der Waals surface area contributed by atoms with Crippen molar-refractivity contribution in [2.45, 2.75) is 13.8 Å². The molecule has 0 spiro atoms. The van der Waals surface area contributed by atoms with Crippen LogP contribution in [-0.4, -0.2) is 17.4 Å². The standard InChI is InChI=1S/C11H15NOS/c1-3-14-8-11(13)12-10-6-4-9(2)5-7-10/h4-7H,3,8H2,1-2H3,(H,12,13). The molecule has 0 aliphatic rings. The third-order valence-electron chi connectivity index (χ3n) is 1.77. The van der Waals surface area contributed by atoms with Crippen molar-refractivity contribution in [3.05, 3.63) is 29.8 Å². The third kappa shape index (κ3) is 3.83. The highest BCUT2D eigenvalue weighted by Crippen LogP contribution is 2.09. The van der Waals surface area contributed by atoms with E-state index in [9.17, 15) is 4.79 Å². The van der Waals surface area contributed by atoms with Crippen LogP contribution in [-0.2, 0) is 4.79 Å². The van der Waals surface area contributed by atoms with E-state index in [0.29, 0.717) is 5.75 Å². The van der Waals surface area contributed by atoms with Gasteiger partial charge >= 0.3 is 0 Å². The second-order valence-electron chi connectivity index (χ2n) is 3.05. The Bertz CT molecular complexity index is 295. The highest BCUT2D eigenvalue weighted by Gasteiger charge is 2.00. The summed E-state index contributed by atoms with van der Waals surface area (Å²) in [6.45, 7) is 4.07. The van der Waals surface area contributed by atoms with Crippen LogP contribution < -0.4 is 5.32 Å². The molecule has 0 bridgehead atoms. The van der Waals surface area contributed by atoms with Gasteiger partial charge in [-0.25, -0.2) is 0 Å². The number of benzene rings is 1. The number of carbonyl (C=O) groups is 1. The van der Waals surface area contributed by atoms with Crippen LogP contribution in [0.3, 0.4) is 0 Å². The zero-order chi connectivity index (χ0) is 10.4. The molecular formula is C11H15NOS. The number of hydrogen-bond donors (Lipinski definition) is 1. The smallest absolute Gasteiger partial charge is 0.234 e. The Labute approximate surface area is 89.1 Å². The molecule has 0 atom stereocenters. The number of carbonyl (C=O) groups excluding carboxylic acids is 1. The normalized spacial score (nSPS) is 9.86. The topological polar surface area (TPSA) is 29.1 Å². The fourth-order valence-electron chi connectivity index (χ4n) is 1.03. The Hall–Kier alpha value is -0.960. The maximum atomic E-state index is 11.3. The average molecular weight is 209 g/mol. The lowest BCUT2D eigenvalue weighted by atomic mass is 10.2. The van der Waals surface area contributed by atoms with Gasteiger partial charge < -0.3 is 5.32 Å². The molecule has 76 valence electrons. The quantitative estimate of drug-likeness (QED) is 0.826. The third-order valence-corrected chi connectivity index (χ3v) is 2.65. The Morgan fingerprint density at radius 3 is 2.57 bits per heavy atom. The van der Waals surface area contributed by atoms with Gasteiger partial charge in [0.1, 0.15) is 0 Å². The molecule has 1 N–H and O–H groups in total. The van der Waals surface area contributed by atoms with E-state index in [1.165, 1.54) is 5.56 Å². The van der Waals surface area contributed by atoms with Gasteiger partial charge in [-0.1, -0.05) is 24.6 Å². The van der Waals surface area contributed by atoms with Crippen LogP contribution in [0.5, 0.6) is 0 Å². The number of aryl methyl sites for hydroxylation is 1. The first-order chi connectivity index (χ1) is 6.72. The van der Waals surface area contributed by atoms with E-state index in [1.807, 2.05) is 38.1 Å². The van der Waals surface area contributed by atoms with Crippen LogP contribution in [0.15, 0.2) is 24.3 Å². The SMILES string of the molecule is CCSCC(=O)Nc1ccc(C)cc1. The molecular weight excluding hydrogens is 194 g/mol. The van der Waals surface area contributed by atoms with Crippen molar-refractivity contribution in [1.82, 2.24) is 0 Å². The average Bonchev–Trinajstić information content (AvgIpc) is 2.18. The van der Waals surface area contributed by atoms with Crippen molar-refractivity contribution in [1.29, 1.82) is 0 Å². The minimum absolute atomic E-state index is 0.0701. The van der Waals surface area contributed by atoms with Crippen LogP contribution in [0.4, 0.5) is 5.69 Å². The first-order valence-corrected chi connectivity index (χ1v) is 5.82. The predicted octanol–water partition coefficient (Wildman–Crippen LogP) is 2.69. The van der Waals surface area contributed by atoms with Gasteiger partial charge in [0.2, 0.25) is 5.91 Å². The van der Waals surface area contributed by atoms with Crippen molar-refractivity contribution in [3.63, 3.8) is 0 Å². The van der Waals surface area contributed by atoms with Gasteiger partial charge in [-0.15, -0.1) is 0 Å². The first-order valence-electron chi connectivity index (χ1n) is 4.66. The van der Waals surface area contributed by atoms with Crippen LogP contribution >= 0.6 is 11.8 Å². The maximum Gasteiger partial charge on any atom is 0.234 e. The summed E-state index contributed by atoms with van der Waals surface area (Å²) in [6, 6.07) is 7.82. The van der Waals surface area contributed by atoms with Gasteiger partial charge in [-0.05, 0) is 24.8 Å². The lowest BCUT2D eigenvalue weighted by Crippen LogP contribution is -2.13. The van der Waals surface area contributed by atoms with Crippen molar-refractivity contribution in [3.8, 4) is 0 Å². The number of nitrogens with one attached hydrogen (secondary N) is 1. The van der Waals surface area contributed by atoms with E-state index < -0.39 is 0 Å². The summed E-state index contributed by atoms with van der Waals surface area (Å²) >= 11 is 1.63. The van der Waals surface area contributed by atoms with Crippen LogP contribution in [0, 0.1) is 6.92 Å². The highest BCUT2D eigenvalue weighted by atomic mass is 32.2.